The number of esters is 2. The lowest BCUT2D eigenvalue weighted by molar-refractivity contribution is -0.384. The molecule has 0 saturated heterocycles. The summed E-state index contributed by atoms with van der Waals surface area (Å²) in [6.07, 6.45) is -0.107. The molecule has 0 aliphatic carbocycles. The van der Waals surface area contributed by atoms with Crippen molar-refractivity contribution in [3.8, 4) is 0 Å². The number of nitro groups is 1. The highest BCUT2D eigenvalue weighted by atomic mass is 16.6. The number of benzene rings is 1. The maximum absolute atomic E-state index is 13.0. The minimum absolute atomic E-state index is 0.0502. The van der Waals surface area contributed by atoms with Crippen molar-refractivity contribution in [2.45, 2.75) is 39.5 Å². The summed E-state index contributed by atoms with van der Waals surface area (Å²) in [6, 6.07) is 5.19. The molecule has 9 heteroatoms. The first-order valence-electron chi connectivity index (χ1n) is 8.79. The zero-order valence-corrected chi connectivity index (χ0v) is 16.2. The van der Waals surface area contributed by atoms with Gasteiger partial charge >= 0.3 is 11.9 Å². The van der Waals surface area contributed by atoms with E-state index in [-0.39, 0.29) is 30.9 Å². The molecular weight excluding hydrogens is 368 g/mol. The van der Waals surface area contributed by atoms with Crippen LogP contribution in [-0.2, 0) is 30.9 Å². The summed E-state index contributed by atoms with van der Waals surface area (Å²) in [5, 5.41) is 14.9. The topological polar surface area (TPSA) is 122 Å². The second-order valence-corrected chi connectivity index (χ2v) is 6.13. The second-order valence-electron chi connectivity index (χ2n) is 6.13. The Labute approximate surface area is 161 Å². The second kappa shape index (κ2) is 8.64. The Bertz CT molecular complexity index is 833. The van der Waals surface area contributed by atoms with Crippen LogP contribution in [0.15, 0.2) is 28.8 Å². The highest BCUT2D eigenvalue weighted by Crippen LogP contribution is 2.35. The highest BCUT2D eigenvalue weighted by molar-refractivity contribution is 6.06. The Morgan fingerprint density at radius 2 is 1.64 bits per heavy atom. The van der Waals surface area contributed by atoms with Crippen LogP contribution in [0.5, 0.6) is 0 Å². The van der Waals surface area contributed by atoms with Gasteiger partial charge in [0, 0.05) is 24.1 Å². The Kier molecular flexibility index (Phi) is 6.50. The highest BCUT2D eigenvalue weighted by Gasteiger charge is 2.51. The minimum Gasteiger partial charge on any atom is -0.465 e. The molecule has 1 heterocycles. The van der Waals surface area contributed by atoms with E-state index in [2.05, 4.69) is 5.16 Å². The van der Waals surface area contributed by atoms with E-state index >= 15 is 0 Å². The van der Waals surface area contributed by atoms with Crippen molar-refractivity contribution >= 4 is 17.6 Å². The monoisotopic (exact) mass is 390 g/mol. The number of ether oxygens (including phenoxy) is 2. The lowest BCUT2D eigenvalue weighted by Crippen LogP contribution is -2.48. The van der Waals surface area contributed by atoms with Crippen molar-refractivity contribution in [1.82, 2.24) is 5.16 Å². The van der Waals surface area contributed by atoms with Crippen molar-refractivity contribution in [2.75, 3.05) is 13.2 Å². The molecule has 0 saturated carbocycles. The third kappa shape index (κ3) is 3.88. The molecule has 28 heavy (non-hydrogen) atoms. The lowest BCUT2D eigenvalue weighted by Gasteiger charge is -2.29. The number of hydrogen-bond donors (Lipinski definition) is 0. The van der Waals surface area contributed by atoms with E-state index in [9.17, 15) is 19.7 Å². The first kappa shape index (κ1) is 21.1. The fraction of sp³-hybridized carbons (Fsp3) is 0.421. The number of nitro benzene ring substituents is 1. The van der Waals surface area contributed by atoms with E-state index in [1.54, 1.807) is 27.7 Å². The van der Waals surface area contributed by atoms with Gasteiger partial charge < -0.3 is 14.0 Å². The fourth-order valence-electron chi connectivity index (χ4n) is 2.96. The minimum atomic E-state index is -1.85. The van der Waals surface area contributed by atoms with E-state index in [0.717, 1.165) is 0 Å². The predicted octanol–water partition coefficient (Wildman–Crippen LogP) is 2.81. The standard InChI is InChI=1S/C19H22N2O7/c1-5-26-17(22)19(18(23)27-6-2,11-16-12(3)20-28-13(16)4)14-7-9-15(10-8-14)21(24)25/h7-10H,5-6,11H2,1-4H3. The van der Waals surface area contributed by atoms with Gasteiger partial charge in [0.1, 0.15) is 5.76 Å². The Morgan fingerprint density at radius 1 is 1.11 bits per heavy atom. The number of non-ortho nitro benzene ring substituents is 1. The van der Waals surface area contributed by atoms with Crippen LogP contribution in [0.1, 0.15) is 36.4 Å². The zero-order chi connectivity index (χ0) is 20.9. The molecule has 0 radical (unpaired) electrons. The SMILES string of the molecule is CCOC(=O)C(Cc1c(C)noc1C)(C(=O)OCC)c1ccc([N+](=O)[O-])cc1. The molecule has 0 amide bonds. The number of carbonyl (C=O) groups is 2. The molecule has 0 N–H and O–H groups in total. The lowest BCUT2D eigenvalue weighted by atomic mass is 9.75. The number of hydrogen-bond acceptors (Lipinski definition) is 8. The van der Waals surface area contributed by atoms with Crippen molar-refractivity contribution < 1.29 is 28.5 Å². The van der Waals surface area contributed by atoms with Gasteiger partial charge in [-0.2, -0.15) is 0 Å². The van der Waals surface area contributed by atoms with Gasteiger partial charge in [0.25, 0.3) is 5.69 Å². The molecule has 1 aromatic heterocycles. The van der Waals surface area contributed by atoms with Crippen molar-refractivity contribution in [3.05, 3.63) is 57.0 Å². The quantitative estimate of drug-likeness (QED) is 0.292. The molecule has 2 rings (SSSR count). The fourth-order valence-corrected chi connectivity index (χ4v) is 2.96. The molecule has 0 aliphatic rings. The van der Waals surface area contributed by atoms with Gasteiger partial charge in [-0.05, 0) is 33.3 Å². The number of nitrogens with zero attached hydrogens (tertiary/aromatic N) is 2. The molecule has 9 nitrogen and oxygen atoms in total. The van der Waals surface area contributed by atoms with Gasteiger partial charge in [-0.25, -0.2) is 0 Å². The first-order valence-corrected chi connectivity index (χ1v) is 8.79. The zero-order valence-electron chi connectivity index (χ0n) is 16.2. The number of aryl methyl sites for hydroxylation is 2. The van der Waals surface area contributed by atoms with Gasteiger partial charge in [-0.3, -0.25) is 19.7 Å². The van der Waals surface area contributed by atoms with Gasteiger partial charge in [-0.15, -0.1) is 0 Å². The number of rotatable bonds is 8. The summed E-state index contributed by atoms with van der Waals surface area (Å²) in [7, 11) is 0. The van der Waals surface area contributed by atoms with Crippen LogP contribution in [0.25, 0.3) is 0 Å². The number of aromatic nitrogens is 1. The third-order valence-corrected chi connectivity index (χ3v) is 4.44. The van der Waals surface area contributed by atoms with Gasteiger partial charge in [-0.1, -0.05) is 17.3 Å². The molecule has 0 bridgehead atoms. The van der Waals surface area contributed by atoms with Crippen LogP contribution in [0.4, 0.5) is 5.69 Å². The molecule has 150 valence electrons. The van der Waals surface area contributed by atoms with E-state index in [1.807, 2.05) is 0 Å². The molecule has 1 aromatic carbocycles. The summed E-state index contributed by atoms with van der Waals surface area (Å²) < 4.78 is 15.6. The first-order chi connectivity index (χ1) is 13.3. The Balaban J connectivity index is 2.70. The van der Waals surface area contributed by atoms with Crippen LogP contribution in [0.3, 0.4) is 0 Å². The van der Waals surface area contributed by atoms with Crippen LogP contribution < -0.4 is 0 Å². The molecular formula is C19H22N2O7. The van der Waals surface area contributed by atoms with Gasteiger partial charge in [0.2, 0.25) is 0 Å². The van der Waals surface area contributed by atoms with Crippen LogP contribution in [0.2, 0.25) is 0 Å². The summed E-state index contributed by atoms with van der Waals surface area (Å²) >= 11 is 0. The normalized spacial score (nSPS) is 11.1. The molecule has 2 aromatic rings. The van der Waals surface area contributed by atoms with Crippen LogP contribution >= 0.6 is 0 Å². The maximum atomic E-state index is 13.0. The van der Waals surface area contributed by atoms with E-state index in [1.165, 1.54) is 24.3 Å². The van der Waals surface area contributed by atoms with Crippen LogP contribution in [-0.4, -0.2) is 35.2 Å². The number of carbonyl (C=O) groups excluding carboxylic acids is 2. The van der Waals surface area contributed by atoms with Gasteiger partial charge in [0.15, 0.2) is 5.41 Å². The Hall–Kier alpha value is -3.23. The maximum Gasteiger partial charge on any atom is 0.328 e. The molecule has 0 aliphatic heterocycles. The molecule has 0 unspecified atom stereocenters. The summed E-state index contributed by atoms with van der Waals surface area (Å²) in [6.45, 7) is 6.72. The average molecular weight is 390 g/mol. The van der Waals surface area contributed by atoms with E-state index in [4.69, 9.17) is 14.0 Å². The van der Waals surface area contributed by atoms with E-state index in [0.29, 0.717) is 17.0 Å². The van der Waals surface area contributed by atoms with E-state index < -0.39 is 22.3 Å². The van der Waals surface area contributed by atoms with Crippen molar-refractivity contribution in [3.63, 3.8) is 0 Å². The molecule has 0 spiro atoms. The summed E-state index contributed by atoms with van der Waals surface area (Å²) in [4.78, 5) is 36.5. The van der Waals surface area contributed by atoms with Gasteiger partial charge in [0.05, 0.1) is 23.8 Å². The largest absolute Gasteiger partial charge is 0.465 e. The molecule has 0 fully saturated rings. The third-order valence-electron chi connectivity index (χ3n) is 4.44. The van der Waals surface area contributed by atoms with Crippen LogP contribution in [0, 0.1) is 24.0 Å². The smallest absolute Gasteiger partial charge is 0.328 e. The summed E-state index contributed by atoms with van der Waals surface area (Å²) in [5.41, 5.74) is -0.683. The van der Waals surface area contributed by atoms with Crippen molar-refractivity contribution in [2.24, 2.45) is 0 Å². The Morgan fingerprint density at radius 3 is 2.04 bits per heavy atom. The predicted molar refractivity (Wildman–Crippen MR) is 97.7 cm³/mol. The molecule has 0 atom stereocenters. The average Bonchev–Trinajstić information content (AvgIpc) is 2.98. The van der Waals surface area contributed by atoms with Crippen molar-refractivity contribution in [1.29, 1.82) is 0 Å². The summed E-state index contributed by atoms with van der Waals surface area (Å²) in [5.74, 6) is -1.15.